The molecule has 2 amide bonds. The van der Waals surface area contributed by atoms with Crippen molar-refractivity contribution in [2.24, 2.45) is 17.6 Å². The number of thioether (sulfide) groups is 1. The lowest BCUT2D eigenvalue weighted by Crippen LogP contribution is -2.52. The van der Waals surface area contributed by atoms with Gasteiger partial charge in [-0.1, -0.05) is 59.7 Å². The molecule has 3 heterocycles. The van der Waals surface area contributed by atoms with Gasteiger partial charge in [-0.3, -0.25) is 4.79 Å². The average Bonchev–Trinajstić information content (AvgIpc) is 3.07. The maximum atomic E-state index is 11.9. The second-order valence-electron chi connectivity index (χ2n) is 9.96. The summed E-state index contributed by atoms with van der Waals surface area (Å²) >= 11 is 5.22. The molecule has 0 saturated carbocycles. The van der Waals surface area contributed by atoms with Crippen LogP contribution in [-0.2, 0) is 17.6 Å². The summed E-state index contributed by atoms with van der Waals surface area (Å²) in [4.78, 5) is 29.5. The van der Waals surface area contributed by atoms with E-state index in [1.165, 1.54) is 24.7 Å². The zero-order chi connectivity index (χ0) is 32.8. The number of hydrogen-bond donors (Lipinski definition) is 4. The summed E-state index contributed by atoms with van der Waals surface area (Å²) in [5.74, 6) is 2.27. The maximum absolute atomic E-state index is 11.9. The molecule has 4 N–H and O–H groups in total. The minimum atomic E-state index is -0.0143. The number of rotatable bonds is 3. The third-order valence-electron chi connectivity index (χ3n) is 6.91. The molecular formula is C34H57N5O2S2. The van der Waals surface area contributed by atoms with Gasteiger partial charge in [-0.2, -0.15) is 12.6 Å². The first-order valence-corrected chi connectivity index (χ1v) is 17.5. The Morgan fingerprint density at radius 1 is 1.16 bits per heavy atom. The Hall–Kier alpha value is -2.33. The van der Waals surface area contributed by atoms with Crippen LogP contribution in [0.4, 0.5) is 10.5 Å². The molecule has 43 heavy (non-hydrogen) atoms. The quantitative estimate of drug-likeness (QED) is 0.211. The monoisotopic (exact) mass is 631 g/mol. The van der Waals surface area contributed by atoms with Crippen molar-refractivity contribution in [2.75, 3.05) is 44.0 Å². The maximum Gasteiger partial charge on any atom is 0.321 e. The molecule has 0 radical (unpaired) electrons. The highest BCUT2D eigenvalue weighted by atomic mass is 32.2. The number of pyridine rings is 1. The molecule has 0 spiro atoms. The van der Waals surface area contributed by atoms with Crippen LogP contribution in [0, 0.1) is 11.8 Å². The van der Waals surface area contributed by atoms with Gasteiger partial charge >= 0.3 is 6.03 Å². The standard InChI is InChI=1S/C16H19NOS.C12H17N3O.2C2H6.CH5N.CH4S/c1-10(2)12-3-4-15-13(6-12)7-14-5-11(8-18)9-19-16(14)17-15;1-10-9-15(8-7-13-10)12(16)14-11-5-3-2-4-6-11;4*1-2/h5,7-8,10,12H,3-4,6,9H2,1-2H3;2-6,10,13H,7-9H2,1H3,(H,14,16);2*1-2H3;2H2,1H3;2H,1H3. The number of amides is 2. The lowest BCUT2D eigenvalue weighted by molar-refractivity contribution is -0.104. The van der Waals surface area contributed by atoms with Gasteiger partial charge in [0.05, 0.1) is 0 Å². The Kier molecular flexibility index (Phi) is 22.7. The summed E-state index contributed by atoms with van der Waals surface area (Å²) < 4.78 is 0. The molecule has 5 rings (SSSR count). The molecule has 1 aromatic carbocycles. The van der Waals surface area contributed by atoms with Gasteiger partial charge in [0.25, 0.3) is 0 Å². The Labute approximate surface area is 271 Å². The van der Waals surface area contributed by atoms with Crippen molar-refractivity contribution in [2.45, 2.75) is 78.8 Å². The van der Waals surface area contributed by atoms with Crippen molar-refractivity contribution in [3.8, 4) is 0 Å². The Morgan fingerprint density at radius 3 is 2.40 bits per heavy atom. The van der Waals surface area contributed by atoms with Crippen LogP contribution >= 0.6 is 24.4 Å². The molecular weight excluding hydrogens is 575 g/mol. The molecule has 1 fully saturated rings. The second kappa shape index (κ2) is 24.0. The SMILES string of the molecule is CC.CC.CC(C)C1CCc2nc3c(cc2C1)C=C(C=O)CS3.CC1CN(C(=O)Nc2ccccc2)CCN1.CN.CS. The van der Waals surface area contributed by atoms with Gasteiger partial charge in [-0.05, 0) is 81.2 Å². The fourth-order valence-corrected chi connectivity index (χ4v) is 5.70. The number of aryl methyl sites for hydroxylation is 1. The summed E-state index contributed by atoms with van der Waals surface area (Å²) in [7, 11) is 1.50. The van der Waals surface area contributed by atoms with Crippen molar-refractivity contribution >= 4 is 48.5 Å². The number of anilines is 1. The number of aromatic nitrogens is 1. The van der Waals surface area contributed by atoms with Crippen molar-refractivity contribution < 1.29 is 9.59 Å². The van der Waals surface area contributed by atoms with Gasteiger partial charge in [0.15, 0.2) is 0 Å². The van der Waals surface area contributed by atoms with Gasteiger partial charge < -0.3 is 21.3 Å². The second-order valence-corrected chi connectivity index (χ2v) is 10.9. The largest absolute Gasteiger partial charge is 0.333 e. The van der Waals surface area contributed by atoms with E-state index in [1.807, 2.05) is 69.0 Å². The zero-order valence-electron chi connectivity index (χ0n) is 27.9. The van der Waals surface area contributed by atoms with Crippen LogP contribution in [0.3, 0.4) is 0 Å². The summed E-state index contributed by atoms with van der Waals surface area (Å²) in [5.41, 5.74) is 10.0. The molecule has 1 aromatic heterocycles. The molecule has 9 heteroatoms. The minimum Gasteiger partial charge on any atom is -0.333 e. The minimum absolute atomic E-state index is 0.0143. The highest BCUT2D eigenvalue weighted by Crippen LogP contribution is 2.35. The van der Waals surface area contributed by atoms with Crippen LogP contribution in [0.5, 0.6) is 0 Å². The van der Waals surface area contributed by atoms with Crippen LogP contribution in [0.1, 0.15) is 71.7 Å². The molecule has 0 bridgehead atoms. The van der Waals surface area contributed by atoms with Crippen LogP contribution in [-0.4, -0.2) is 66.9 Å². The van der Waals surface area contributed by atoms with Crippen molar-refractivity contribution in [1.82, 2.24) is 15.2 Å². The van der Waals surface area contributed by atoms with Gasteiger partial charge in [-0.25, -0.2) is 9.78 Å². The molecule has 1 aliphatic carbocycles. The predicted molar refractivity (Wildman–Crippen MR) is 192 cm³/mol. The van der Waals surface area contributed by atoms with E-state index in [2.05, 4.69) is 55.8 Å². The number of aldehydes is 1. The molecule has 2 unspecified atom stereocenters. The van der Waals surface area contributed by atoms with Crippen molar-refractivity contribution in [1.29, 1.82) is 0 Å². The first-order valence-electron chi connectivity index (χ1n) is 15.6. The molecule has 2 aliphatic heterocycles. The summed E-state index contributed by atoms with van der Waals surface area (Å²) in [6.07, 6.45) is 8.17. The van der Waals surface area contributed by atoms with E-state index < -0.39 is 0 Å². The van der Waals surface area contributed by atoms with E-state index in [1.54, 1.807) is 18.0 Å². The van der Waals surface area contributed by atoms with Gasteiger partial charge in [0.1, 0.15) is 11.3 Å². The number of para-hydroxylation sites is 1. The number of carbonyl (C=O) groups is 2. The number of benzene rings is 1. The highest BCUT2D eigenvalue weighted by Gasteiger charge is 2.24. The summed E-state index contributed by atoms with van der Waals surface area (Å²) in [5, 5.41) is 7.30. The van der Waals surface area contributed by atoms with Crippen molar-refractivity contribution in [3.63, 3.8) is 0 Å². The number of hydrogen-bond acceptors (Lipinski definition) is 7. The molecule has 7 nitrogen and oxygen atoms in total. The highest BCUT2D eigenvalue weighted by molar-refractivity contribution is 7.99. The Morgan fingerprint density at radius 2 is 1.81 bits per heavy atom. The number of thiol groups is 1. The fraction of sp³-hybridized carbons (Fsp3) is 0.559. The molecule has 2 aromatic rings. The molecule has 1 saturated heterocycles. The topological polar surface area (TPSA) is 100 Å². The molecule has 2 atom stereocenters. The van der Waals surface area contributed by atoms with E-state index in [0.717, 1.165) is 78.2 Å². The smallest absolute Gasteiger partial charge is 0.321 e. The number of urea groups is 1. The zero-order valence-corrected chi connectivity index (χ0v) is 29.7. The summed E-state index contributed by atoms with van der Waals surface area (Å²) in [6.45, 7) is 17.1. The van der Waals surface area contributed by atoms with Crippen LogP contribution in [0.25, 0.3) is 6.08 Å². The van der Waals surface area contributed by atoms with E-state index in [-0.39, 0.29) is 6.03 Å². The van der Waals surface area contributed by atoms with E-state index in [4.69, 9.17) is 4.98 Å². The lowest BCUT2D eigenvalue weighted by Gasteiger charge is -2.31. The third-order valence-corrected chi connectivity index (χ3v) is 7.99. The van der Waals surface area contributed by atoms with Crippen molar-refractivity contribution in [3.05, 3.63) is 58.8 Å². The van der Waals surface area contributed by atoms with E-state index >= 15 is 0 Å². The fourth-order valence-electron chi connectivity index (χ4n) is 4.78. The van der Waals surface area contributed by atoms with Crippen LogP contribution in [0.2, 0.25) is 0 Å². The van der Waals surface area contributed by atoms with Gasteiger partial charge in [-0.15, -0.1) is 11.8 Å². The number of nitrogens with two attached hydrogens (primary N) is 1. The lowest BCUT2D eigenvalue weighted by atomic mass is 9.80. The Bertz CT molecular complexity index is 1080. The Balaban J connectivity index is 0.000000673. The number of nitrogens with zero attached hydrogens (tertiary/aromatic N) is 2. The van der Waals surface area contributed by atoms with Crippen LogP contribution < -0.4 is 16.4 Å². The molecule has 3 aliphatic rings. The number of carbonyl (C=O) groups excluding carboxylic acids is 2. The normalized spacial score (nSPS) is 17.8. The van der Waals surface area contributed by atoms with E-state index in [9.17, 15) is 9.59 Å². The van der Waals surface area contributed by atoms with Gasteiger partial charge in [0.2, 0.25) is 0 Å². The third kappa shape index (κ3) is 13.9. The molecule has 242 valence electrons. The summed E-state index contributed by atoms with van der Waals surface area (Å²) in [6, 6.07) is 12.2. The average molecular weight is 632 g/mol. The predicted octanol–water partition coefficient (Wildman–Crippen LogP) is 7.22. The van der Waals surface area contributed by atoms with Crippen LogP contribution in [0.15, 0.2) is 47.0 Å². The first-order chi connectivity index (χ1) is 20.9. The number of piperazine rings is 1. The number of fused-ring (bicyclic) bond motifs is 2. The van der Waals surface area contributed by atoms with Gasteiger partial charge in [0, 0.05) is 53.9 Å². The number of nitrogens with one attached hydrogen (secondary N) is 2. The van der Waals surface area contributed by atoms with E-state index in [0.29, 0.717) is 6.04 Å². The first kappa shape index (κ1) is 40.7.